The van der Waals surface area contributed by atoms with E-state index in [9.17, 15) is 4.79 Å². The molecule has 4 nitrogen and oxygen atoms in total. The summed E-state index contributed by atoms with van der Waals surface area (Å²) in [6.45, 7) is 3.84. The first kappa shape index (κ1) is 9.58. The third-order valence-corrected chi connectivity index (χ3v) is 3.10. The molecule has 0 radical (unpaired) electrons. The normalized spacial score (nSPS) is 19.9. The van der Waals surface area contributed by atoms with E-state index in [4.69, 9.17) is 4.74 Å². The molecule has 2 aliphatic heterocycles. The summed E-state index contributed by atoms with van der Waals surface area (Å²) in [6.07, 6.45) is 1.63. The van der Waals surface area contributed by atoms with E-state index in [0.29, 0.717) is 18.7 Å². The van der Waals surface area contributed by atoms with Crippen molar-refractivity contribution in [3.8, 4) is 0 Å². The van der Waals surface area contributed by atoms with Crippen LogP contribution in [0.15, 0.2) is 16.8 Å². The summed E-state index contributed by atoms with van der Waals surface area (Å²) in [5.41, 5.74) is 0.651. The van der Waals surface area contributed by atoms with Gasteiger partial charge in [0.15, 0.2) is 5.17 Å². The summed E-state index contributed by atoms with van der Waals surface area (Å²) in [4.78, 5) is 17.7. The van der Waals surface area contributed by atoms with Gasteiger partial charge in [0.25, 0.3) is 0 Å². The Bertz CT molecular complexity index is 312. The average molecular weight is 212 g/mol. The van der Waals surface area contributed by atoms with E-state index in [1.807, 2.05) is 6.92 Å². The zero-order chi connectivity index (χ0) is 9.97. The molecule has 0 amide bonds. The average Bonchev–Trinajstić information content (AvgIpc) is 2.64. The first-order valence-corrected chi connectivity index (χ1v) is 5.61. The number of thioether (sulfide) groups is 1. The van der Waals surface area contributed by atoms with Gasteiger partial charge in [0.2, 0.25) is 0 Å². The monoisotopic (exact) mass is 212 g/mol. The molecular weight excluding hydrogens is 200 g/mol. The van der Waals surface area contributed by atoms with Crippen molar-refractivity contribution in [3.63, 3.8) is 0 Å². The molecule has 0 unspecified atom stereocenters. The Morgan fingerprint density at radius 2 is 2.64 bits per heavy atom. The fourth-order valence-corrected chi connectivity index (χ4v) is 2.38. The molecule has 0 atom stereocenters. The predicted octanol–water partition coefficient (Wildman–Crippen LogP) is 0.852. The first-order valence-electron chi connectivity index (χ1n) is 4.63. The topological polar surface area (TPSA) is 41.9 Å². The fourth-order valence-electron chi connectivity index (χ4n) is 1.42. The zero-order valence-corrected chi connectivity index (χ0v) is 8.84. The molecule has 2 heterocycles. The van der Waals surface area contributed by atoms with Crippen LogP contribution in [0.25, 0.3) is 0 Å². The predicted molar refractivity (Wildman–Crippen MR) is 56.2 cm³/mol. The number of fused-ring (bicyclic) bond motifs is 1. The van der Waals surface area contributed by atoms with E-state index in [1.54, 1.807) is 18.0 Å². The molecule has 0 aromatic rings. The van der Waals surface area contributed by atoms with Gasteiger partial charge in [-0.05, 0) is 6.92 Å². The number of amidine groups is 1. The van der Waals surface area contributed by atoms with Crippen LogP contribution in [0.2, 0.25) is 0 Å². The van der Waals surface area contributed by atoms with Gasteiger partial charge >= 0.3 is 5.97 Å². The molecule has 0 spiro atoms. The highest BCUT2D eigenvalue weighted by Crippen LogP contribution is 2.22. The van der Waals surface area contributed by atoms with Gasteiger partial charge in [0.1, 0.15) is 0 Å². The molecule has 14 heavy (non-hydrogen) atoms. The number of ether oxygens (including phenoxy) is 1. The number of nitrogens with zero attached hydrogens (tertiary/aromatic N) is 2. The summed E-state index contributed by atoms with van der Waals surface area (Å²) in [6, 6.07) is 0. The second-order valence-electron chi connectivity index (χ2n) is 3.06. The molecule has 1 saturated heterocycles. The van der Waals surface area contributed by atoms with Crippen LogP contribution in [0.5, 0.6) is 0 Å². The van der Waals surface area contributed by atoms with Crippen LogP contribution >= 0.6 is 11.8 Å². The van der Waals surface area contributed by atoms with Crippen molar-refractivity contribution in [2.75, 3.05) is 25.4 Å². The van der Waals surface area contributed by atoms with E-state index in [0.717, 1.165) is 17.5 Å². The maximum atomic E-state index is 11.4. The molecule has 0 aromatic heterocycles. The van der Waals surface area contributed by atoms with Crippen LogP contribution in [0.1, 0.15) is 6.92 Å². The highest BCUT2D eigenvalue weighted by atomic mass is 32.2. The van der Waals surface area contributed by atoms with Crippen molar-refractivity contribution >= 4 is 22.9 Å². The minimum Gasteiger partial charge on any atom is -0.463 e. The molecule has 76 valence electrons. The lowest BCUT2D eigenvalue weighted by molar-refractivity contribution is -0.138. The van der Waals surface area contributed by atoms with Crippen molar-refractivity contribution in [2.24, 2.45) is 4.99 Å². The summed E-state index contributed by atoms with van der Waals surface area (Å²) in [7, 11) is 0. The van der Waals surface area contributed by atoms with E-state index < -0.39 is 0 Å². The molecule has 0 bridgehead atoms. The van der Waals surface area contributed by atoms with Crippen molar-refractivity contribution in [1.82, 2.24) is 4.90 Å². The largest absolute Gasteiger partial charge is 0.463 e. The maximum absolute atomic E-state index is 11.4. The molecule has 0 N–H and O–H groups in total. The number of esters is 1. The Kier molecular flexibility index (Phi) is 2.77. The third kappa shape index (κ3) is 1.77. The number of rotatable bonds is 2. The minimum absolute atomic E-state index is 0.243. The van der Waals surface area contributed by atoms with Crippen molar-refractivity contribution in [2.45, 2.75) is 6.92 Å². The standard InChI is InChI=1S/C9H12N2O2S/c1-2-13-8(12)7-5-10-9-11(6-7)3-4-14-9/h5H,2-4,6H2,1H3. The maximum Gasteiger partial charge on any atom is 0.337 e. The summed E-state index contributed by atoms with van der Waals surface area (Å²) in [5, 5.41) is 1.03. The number of carbonyl (C=O) groups excluding carboxylic acids is 1. The summed E-state index contributed by atoms with van der Waals surface area (Å²) < 4.78 is 4.92. The van der Waals surface area contributed by atoms with Gasteiger partial charge in [-0.1, -0.05) is 11.8 Å². The quantitative estimate of drug-likeness (QED) is 0.636. The molecule has 0 aromatic carbocycles. The van der Waals surface area contributed by atoms with Crippen LogP contribution in [0.4, 0.5) is 0 Å². The molecule has 2 rings (SSSR count). The number of hydrogen-bond donors (Lipinski definition) is 0. The molecule has 0 aliphatic carbocycles. The first-order chi connectivity index (χ1) is 6.81. The lowest BCUT2D eigenvalue weighted by Crippen LogP contribution is -2.31. The van der Waals surface area contributed by atoms with Gasteiger partial charge in [0.05, 0.1) is 18.7 Å². The van der Waals surface area contributed by atoms with Crippen LogP contribution < -0.4 is 0 Å². The molecule has 1 fully saturated rings. The number of hydrogen-bond acceptors (Lipinski definition) is 5. The Balaban J connectivity index is 2.06. The van der Waals surface area contributed by atoms with Crippen molar-refractivity contribution in [1.29, 1.82) is 0 Å². The lowest BCUT2D eigenvalue weighted by atomic mass is 10.2. The Morgan fingerprint density at radius 3 is 3.43 bits per heavy atom. The van der Waals surface area contributed by atoms with Crippen LogP contribution in [0, 0.1) is 0 Å². The van der Waals surface area contributed by atoms with Gasteiger partial charge in [-0.25, -0.2) is 9.79 Å². The van der Waals surface area contributed by atoms with Gasteiger partial charge in [-0.2, -0.15) is 0 Å². The van der Waals surface area contributed by atoms with E-state index in [-0.39, 0.29) is 5.97 Å². The molecule has 5 heteroatoms. The van der Waals surface area contributed by atoms with Crippen LogP contribution in [-0.4, -0.2) is 41.5 Å². The van der Waals surface area contributed by atoms with Gasteiger partial charge in [-0.3, -0.25) is 0 Å². The Hall–Kier alpha value is -0.970. The molecular formula is C9H12N2O2S. The second kappa shape index (κ2) is 4.04. The molecule has 0 saturated carbocycles. The summed E-state index contributed by atoms with van der Waals surface area (Å²) in [5.74, 6) is 0.815. The third-order valence-electron chi connectivity index (χ3n) is 2.09. The van der Waals surface area contributed by atoms with E-state index in [2.05, 4.69) is 9.89 Å². The van der Waals surface area contributed by atoms with Crippen molar-refractivity contribution < 1.29 is 9.53 Å². The van der Waals surface area contributed by atoms with Gasteiger partial charge < -0.3 is 9.64 Å². The second-order valence-corrected chi connectivity index (χ2v) is 4.12. The van der Waals surface area contributed by atoms with Crippen LogP contribution in [0.3, 0.4) is 0 Å². The zero-order valence-electron chi connectivity index (χ0n) is 8.02. The minimum atomic E-state index is -0.243. The van der Waals surface area contributed by atoms with Crippen LogP contribution in [-0.2, 0) is 9.53 Å². The lowest BCUT2D eigenvalue weighted by Gasteiger charge is -2.21. The Labute approximate surface area is 87.0 Å². The van der Waals surface area contributed by atoms with Gasteiger partial charge in [-0.15, -0.1) is 0 Å². The number of aliphatic imine (C=N–C) groups is 1. The summed E-state index contributed by atoms with van der Waals surface area (Å²) >= 11 is 1.73. The highest BCUT2D eigenvalue weighted by molar-refractivity contribution is 8.14. The van der Waals surface area contributed by atoms with E-state index in [1.165, 1.54) is 0 Å². The number of carbonyl (C=O) groups is 1. The highest BCUT2D eigenvalue weighted by Gasteiger charge is 2.25. The molecule has 2 aliphatic rings. The Morgan fingerprint density at radius 1 is 1.79 bits per heavy atom. The van der Waals surface area contributed by atoms with Gasteiger partial charge in [0, 0.05) is 18.5 Å². The van der Waals surface area contributed by atoms with E-state index >= 15 is 0 Å². The van der Waals surface area contributed by atoms with Crippen molar-refractivity contribution in [3.05, 3.63) is 11.8 Å². The smallest absolute Gasteiger partial charge is 0.337 e. The SMILES string of the molecule is CCOC(=O)C1=CN=C2SCCN2C1. The fraction of sp³-hybridized carbons (Fsp3) is 0.556.